The van der Waals surface area contributed by atoms with Gasteiger partial charge in [0.2, 0.25) is 0 Å². The Hall–Kier alpha value is -1.55. The van der Waals surface area contributed by atoms with E-state index in [1.54, 1.807) is 7.11 Å². The Balaban J connectivity index is 2.29. The second-order valence-corrected chi connectivity index (χ2v) is 3.81. The first kappa shape index (κ1) is 11.0. The number of benzene rings is 1. The number of oxazole rings is 1. The molecule has 4 heteroatoms. The van der Waals surface area contributed by atoms with Crippen LogP contribution in [0.25, 0.3) is 11.1 Å². The van der Waals surface area contributed by atoms with E-state index in [4.69, 9.17) is 14.9 Å². The smallest absolute Gasteiger partial charge is 0.197 e. The third kappa shape index (κ3) is 2.17. The third-order valence-electron chi connectivity index (χ3n) is 2.60. The molecule has 0 spiro atoms. The van der Waals surface area contributed by atoms with E-state index in [9.17, 15) is 0 Å². The molecule has 1 unspecified atom stereocenters. The van der Waals surface area contributed by atoms with E-state index in [2.05, 4.69) is 11.9 Å². The molecular formula is C12H16N2O2. The number of hydrogen-bond donors (Lipinski definition) is 1. The Labute approximate surface area is 94.4 Å². The lowest BCUT2D eigenvalue weighted by Gasteiger charge is -2.03. The van der Waals surface area contributed by atoms with Crippen molar-refractivity contribution in [1.29, 1.82) is 0 Å². The lowest BCUT2D eigenvalue weighted by molar-refractivity contribution is 0.414. The van der Waals surface area contributed by atoms with Crippen molar-refractivity contribution in [2.45, 2.75) is 25.8 Å². The molecule has 2 N–H and O–H groups in total. The first-order valence-electron chi connectivity index (χ1n) is 5.42. The van der Waals surface area contributed by atoms with Crippen molar-refractivity contribution in [1.82, 2.24) is 4.98 Å². The molecule has 16 heavy (non-hydrogen) atoms. The fraction of sp³-hybridized carbons (Fsp3) is 0.417. The van der Waals surface area contributed by atoms with Crippen LogP contribution >= 0.6 is 0 Å². The predicted octanol–water partition coefficient (Wildman–Crippen LogP) is 2.12. The van der Waals surface area contributed by atoms with Crippen LogP contribution in [-0.2, 0) is 6.42 Å². The number of fused-ring (bicyclic) bond motifs is 1. The fourth-order valence-corrected chi connectivity index (χ4v) is 1.54. The lowest BCUT2D eigenvalue weighted by atomic mass is 10.2. The Morgan fingerprint density at radius 1 is 1.50 bits per heavy atom. The summed E-state index contributed by atoms with van der Waals surface area (Å²) in [6.45, 7) is 2.05. The monoisotopic (exact) mass is 220 g/mol. The number of methoxy groups -OCH3 is 1. The summed E-state index contributed by atoms with van der Waals surface area (Å²) >= 11 is 0. The maximum atomic E-state index is 5.86. The summed E-state index contributed by atoms with van der Waals surface area (Å²) < 4.78 is 10.7. The SMILES string of the molecule is CCC(N)Cc1nc2ccc(OC)cc2o1. The Morgan fingerprint density at radius 2 is 2.31 bits per heavy atom. The van der Waals surface area contributed by atoms with Gasteiger partial charge in [-0.1, -0.05) is 6.92 Å². The van der Waals surface area contributed by atoms with Crippen LogP contribution < -0.4 is 10.5 Å². The van der Waals surface area contributed by atoms with E-state index in [1.807, 2.05) is 18.2 Å². The van der Waals surface area contributed by atoms with Crippen molar-refractivity contribution < 1.29 is 9.15 Å². The van der Waals surface area contributed by atoms with Crippen LogP contribution in [0.2, 0.25) is 0 Å². The van der Waals surface area contributed by atoms with Gasteiger partial charge in [-0.3, -0.25) is 0 Å². The maximum Gasteiger partial charge on any atom is 0.197 e. The number of hydrogen-bond acceptors (Lipinski definition) is 4. The van der Waals surface area contributed by atoms with Crippen LogP contribution in [0.5, 0.6) is 5.75 Å². The third-order valence-corrected chi connectivity index (χ3v) is 2.60. The van der Waals surface area contributed by atoms with Crippen molar-refractivity contribution in [3.8, 4) is 5.75 Å². The van der Waals surface area contributed by atoms with Gasteiger partial charge in [0, 0.05) is 18.5 Å². The molecule has 4 nitrogen and oxygen atoms in total. The number of rotatable bonds is 4. The highest BCUT2D eigenvalue weighted by atomic mass is 16.5. The number of ether oxygens (including phenoxy) is 1. The normalized spacial score (nSPS) is 12.9. The quantitative estimate of drug-likeness (QED) is 0.857. The van der Waals surface area contributed by atoms with Gasteiger partial charge in [-0.2, -0.15) is 0 Å². The Bertz CT molecular complexity index is 479. The zero-order chi connectivity index (χ0) is 11.5. The van der Waals surface area contributed by atoms with Crippen LogP contribution in [-0.4, -0.2) is 18.1 Å². The highest BCUT2D eigenvalue weighted by Crippen LogP contribution is 2.21. The van der Waals surface area contributed by atoms with Gasteiger partial charge < -0.3 is 14.9 Å². The van der Waals surface area contributed by atoms with Crippen molar-refractivity contribution in [3.63, 3.8) is 0 Å². The molecular weight excluding hydrogens is 204 g/mol. The van der Waals surface area contributed by atoms with Gasteiger partial charge in [-0.15, -0.1) is 0 Å². The van der Waals surface area contributed by atoms with E-state index < -0.39 is 0 Å². The van der Waals surface area contributed by atoms with Crippen molar-refractivity contribution in [2.75, 3.05) is 7.11 Å². The summed E-state index contributed by atoms with van der Waals surface area (Å²) in [7, 11) is 1.63. The fourth-order valence-electron chi connectivity index (χ4n) is 1.54. The van der Waals surface area contributed by atoms with Crippen LogP contribution in [0, 0.1) is 0 Å². The Morgan fingerprint density at radius 3 is 3.00 bits per heavy atom. The molecule has 86 valence electrons. The first-order valence-corrected chi connectivity index (χ1v) is 5.42. The van der Waals surface area contributed by atoms with Crippen LogP contribution in [0.4, 0.5) is 0 Å². The summed E-state index contributed by atoms with van der Waals surface area (Å²) in [5, 5.41) is 0. The predicted molar refractivity (Wildman–Crippen MR) is 62.5 cm³/mol. The number of aromatic nitrogens is 1. The van der Waals surface area contributed by atoms with Crippen molar-refractivity contribution in [2.24, 2.45) is 5.73 Å². The molecule has 0 amide bonds. The molecule has 1 aromatic carbocycles. The lowest BCUT2D eigenvalue weighted by Crippen LogP contribution is -2.21. The van der Waals surface area contributed by atoms with E-state index in [1.165, 1.54) is 0 Å². The molecule has 0 fully saturated rings. The molecule has 1 atom stereocenters. The largest absolute Gasteiger partial charge is 0.497 e. The van der Waals surface area contributed by atoms with Gasteiger partial charge in [-0.25, -0.2) is 4.98 Å². The summed E-state index contributed by atoms with van der Waals surface area (Å²) in [6.07, 6.45) is 1.59. The summed E-state index contributed by atoms with van der Waals surface area (Å²) in [4.78, 5) is 4.37. The minimum absolute atomic E-state index is 0.106. The van der Waals surface area contributed by atoms with Gasteiger partial charge in [0.05, 0.1) is 7.11 Å². The zero-order valence-electron chi connectivity index (χ0n) is 9.56. The molecule has 0 radical (unpaired) electrons. The highest BCUT2D eigenvalue weighted by molar-refractivity contribution is 5.74. The van der Waals surface area contributed by atoms with E-state index in [-0.39, 0.29) is 6.04 Å². The second-order valence-electron chi connectivity index (χ2n) is 3.81. The van der Waals surface area contributed by atoms with Crippen molar-refractivity contribution in [3.05, 3.63) is 24.1 Å². The van der Waals surface area contributed by atoms with E-state index in [0.29, 0.717) is 12.3 Å². The van der Waals surface area contributed by atoms with Gasteiger partial charge >= 0.3 is 0 Å². The summed E-state index contributed by atoms with van der Waals surface area (Å²) in [5.74, 6) is 1.47. The minimum Gasteiger partial charge on any atom is -0.497 e. The van der Waals surface area contributed by atoms with Gasteiger partial charge in [-0.05, 0) is 18.6 Å². The molecule has 0 saturated heterocycles. The second kappa shape index (κ2) is 4.53. The minimum atomic E-state index is 0.106. The van der Waals surface area contributed by atoms with E-state index in [0.717, 1.165) is 23.3 Å². The van der Waals surface area contributed by atoms with Crippen LogP contribution in [0.1, 0.15) is 19.2 Å². The summed E-state index contributed by atoms with van der Waals surface area (Å²) in [6, 6.07) is 5.70. The maximum absolute atomic E-state index is 5.86. The van der Waals surface area contributed by atoms with E-state index >= 15 is 0 Å². The van der Waals surface area contributed by atoms with Gasteiger partial charge in [0.1, 0.15) is 11.3 Å². The zero-order valence-corrected chi connectivity index (χ0v) is 9.56. The van der Waals surface area contributed by atoms with Gasteiger partial charge in [0.15, 0.2) is 11.5 Å². The molecule has 0 bridgehead atoms. The molecule has 0 aliphatic rings. The molecule has 1 heterocycles. The van der Waals surface area contributed by atoms with Crippen LogP contribution in [0.3, 0.4) is 0 Å². The number of nitrogens with zero attached hydrogens (tertiary/aromatic N) is 1. The molecule has 0 aliphatic heterocycles. The topological polar surface area (TPSA) is 61.3 Å². The number of nitrogens with two attached hydrogens (primary N) is 1. The molecule has 1 aromatic heterocycles. The molecule has 2 aromatic rings. The average Bonchev–Trinajstić information content (AvgIpc) is 2.69. The molecule has 0 saturated carbocycles. The van der Waals surface area contributed by atoms with Gasteiger partial charge in [0.25, 0.3) is 0 Å². The summed E-state index contributed by atoms with van der Waals surface area (Å²) in [5.41, 5.74) is 7.45. The average molecular weight is 220 g/mol. The standard InChI is InChI=1S/C12H16N2O2/c1-3-8(13)6-12-14-10-5-4-9(15-2)7-11(10)16-12/h4-5,7-8H,3,6,13H2,1-2H3. The molecule has 0 aliphatic carbocycles. The van der Waals surface area contributed by atoms with Crippen molar-refractivity contribution >= 4 is 11.1 Å². The molecule has 2 rings (SSSR count). The first-order chi connectivity index (χ1) is 7.72. The Kier molecular flexibility index (Phi) is 3.10. The van der Waals surface area contributed by atoms with Crippen LogP contribution in [0.15, 0.2) is 22.6 Å². The highest BCUT2D eigenvalue weighted by Gasteiger charge is 2.09.